The highest BCUT2D eigenvalue weighted by Gasteiger charge is 2.07. The molecule has 1 amide bonds. The van der Waals surface area contributed by atoms with Gasteiger partial charge in [-0.1, -0.05) is 15.9 Å². The Hall–Kier alpha value is -2.20. The number of carbonyl (C=O) groups is 1. The topological polar surface area (TPSA) is 127 Å². The van der Waals surface area contributed by atoms with Crippen LogP contribution in [0.2, 0.25) is 0 Å². The number of nitrogens with one attached hydrogen (secondary N) is 3. The average Bonchev–Trinajstić information content (AvgIpc) is 2.42. The van der Waals surface area contributed by atoms with Gasteiger partial charge >= 0.3 is 5.69 Å². The third-order valence-electron chi connectivity index (χ3n) is 2.62. The molecule has 0 saturated heterocycles. The Morgan fingerprint density at radius 1 is 1.26 bits per heavy atom. The van der Waals surface area contributed by atoms with E-state index < -0.39 is 17.2 Å². The molecule has 0 radical (unpaired) electrons. The predicted molar refractivity (Wildman–Crippen MR) is 90.6 cm³/mol. The van der Waals surface area contributed by atoms with Crippen LogP contribution < -0.4 is 16.7 Å². The zero-order valence-corrected chi connectivity index (χ0v) is 14.6. The molecule has 23 heavy (non-hydrogen) atoms. The number of hydrazone groups is 1. The Kier molecular flexibility index (Phi) is 5.50. The number of hydrogen-bond acceptors (Lipinski definition) is 5. The minimum atomic E-state index is -0.687. The van der Waals surface area contributed by atoms with Crippen LogP contribution in [0.25, 0.3) is 0 Å². The van der Waals surface area contributed by atoms with Gasteiger partial charge in [-0.2, -0.15) is 5.10 Å². The maximum atomic E-state index is 11.7. The first-order chi connectivity index (χ1) is 10.8. The molecule has 8 nitrogen and oxygen atoms in total. The van der Waals surface area contributed by atoms with E-state index in [4.69, 9.17) is 0 Å². The first-order valence-electron chi connectivity index (χ1n) is 6.17. The Morgan fingerprint density at radius 3 is 2.70 bits per heavy atom. The van der Waals surface area contributed by atoms with Gasteiger partial charge in [0.2, 0.25) is 5.91 Å². The van der Waals surface area contributed by atoms with Gasteiger partial charge in [0.1, 0.15) is 5.75 Å². The lowest BCUT2D eigenvalue weighted by molar-refractivity contribution is -0.120. The number of phenols is 1. The van der Waals surface area contributed by atoms with Gasteiger partial charge in [-0.05, 0) is 28.1 Å². The summed E-state index contributed by atoms with van der Waals surface area (Å²) in [6.45, 7) is 0. The number of aromatic hydroxyl groups is 1. The van der Waals surface area contributed by atoms with Crippen LogP contribution in [-0.2, 0) is 11.2 Å². The summed E-state index contributed by atoms with van der Waals surface area (Å²) in [5, 5.41) is 13.6. The Labute approximate surface area is 145 Å². The number of amides is 1. The maximum absolute atomic E-state index is 11.7. The molecule has 0 aliphatic carbocycles. The van der Waals surface area contributed by atoms with E-state index in [0.29, 0.717) is 10.0 Å². The van der Waals surface area contributed by atoms with Crippen LogP contribution in [0.5, 0.6) is 5.75 Å². The van der Waals surface area contributed by atoms with Crippen LogP contribution in [0.1, 0.15) is 11.3 Å². The van der Waals surface area contributed by atoms with Gasteiger partial charge in [-0.15, -0.1) is 0 Å². The van der Waals surface area contributed by atoms with Crippen molar-refractivity contribution in [2.45, 2.75) is 6.42 Å². The van der Waals surface area contributed by atoms with Gasteiger partial charge in [-0.3, -0.25) is 14.6 Å². The number of rotatable bonds is 4. The lowest BCUT2D eigenvalue weighted by Crippen LogP contribution is -2.26. The highest BCUT2D eigenvalue weighted by Crippen LogP contribution is 2.30. The monoisotopic (exact) mass is 444 g/mol. The lowest BCUT2D eigenvalue weighted by atomic mass is 10.2. The SMILES string of the molecule is O=C(Cc1cc(=O)[nH]c(=O)[nH]1)N/N=C\c1cc(Br)cc(Br)c1O. The maximum Gasteiger partial charge on any atom is 0.325 e. The van der Waals surface area contributed by atoms with Crippen molar-refractivity contribution in [1.82, 2.24) is 15.4 Å². The van der Waals surface area contributed by atoms with Crippen LogP contribution in [0.3, 0.4) is 0 Å². The highest BCUT2D eigenvalue weighted by atomic mass is 79.9. The van der Waals surface area contributed by atoms with Gasteiger partial charge < -0.3 is 10.1 Å². The van der Waals surface area contributed by atoms with Crippen molar-refractivity contribution < 1.29 is 9.90 Å². The van der Waals surface area contributed by atoms with Crippen LogP contribution in [0.4, 0.5) is 0 Å². The zero-order chi connectivity index (χ0) is 17.0. The first-order valence-corrected chi connectivity index (χ1v) is 7.76. The normalized spacial score (nSPS) is 10.9. The second kappa shape index (κ2) is 7.38. The van der Waals surface area contributed by atoms with Crippen LogP contribution in [-0.4, -0.2) is 27.2 Å². The summed E-state index contributed by atoms with van der Waals surface area (Å²) in [7, 11) is 0. The second-order valence-electron chi connectivity index (χ2n) is 4.41. The molecule has 4 N–H and O–H groups in total. The number of nitrogens with zero attached hydrogens (tertiary/aromatic N) is 1. The summed E-state index contributed by atoms with van der Waals surface area (Å²) in [6.07, 6.45) is 1.05. The molecule has 120 valence electrons. The van der Waals surface area contributed by atoms with Crippen molar-refractivity contribution in [2.75, 3.05) is 0 Å². The minimum absolute atomic E-state index is 0.0230. The van der Waals surface area contributed by atoms with Crippen molar-refractivity contribution in [3.8, 4) is 5.75 Å². The molecule has 0 spiro atoms. The molecule has 0 unspecified atom stereocenters. The van der Waals surface area contributed by atoms with Crippen molar-refractivity contribution in [3.63, 3.8) is 0 Å². The number of halogens is 2. The Balaban J connectivity index is 2.04. The molecular formula is C13H10Br2N4O4. The van der Waals surface area contributed by atoms with Gasteiger partial charge in [0.05, 0.1) is 17.1 Å². The molecule has 0 aliphatic heterocycles. The van der Waals surface area contributed by atoms with Crippen LogP contribution >= 0.6 is 31.9 Å². The standard InChI is InChI=1S/C13H10Br2N4O4/c14-7-1-6(12(22)9(15)2-7)5-16-19-11(21)4-8-3-10(20)18-13(23)17-8/h1-3,5,22H,4H2,(H,19,21)(H2,17,18,20,23)/b16-5-. The summed E-state index contributed by atoms with van der Waals surface area (Å²) < 4.78 is 1.19. The van der Waals surface area contributed by atoms with Gasteiger partial charge in [0.25, 0.3) is 5.56 Å². The van der Waals surface area contributed by atoms with Gasteiger partial charge in [0, 0.05) is 21.8 Å². The smallest absolute Gasteiger partial charge is 0.325 e. The summed E-state index contributed by atoms with van der Waals surface area (Å²) in [5.41, 5.74) is 1.51. The number of aromatic nitrogens is 2. The van der Waals surface area contributed by atoms with Crippen molar-refractivity contribution in [1.29, 1.82) is 0 Å². The number of carbonyl (C=O) groups excluding carboxylic acids is 1. The summed E-state index contributed by atoms with van der Waals surface area (Å²) in [4.78, 5) is 38.2. The summed E-state index contributed by atoms with van der Waals surface area (Å²) in [5.74, 6) is -0.554. The number of hydrogen-bond donors (Lipinski definition) is 4. The zero-order valence-electron chi connectivity index (χ0n) is 11.4. The molecule has 0 aliphatic rings. The fraction of sp³-hybridized carbons (Fsp3) is 0.0769. The molecule has 1 aromatic carbocycles. The molecule has 0 bridgehead atoms. The van der Waals surface area contributed by atoms with Crippen LogP contribution in [0.15, 0.2) is 41.8 Å². The fourth-order valence-corrected chi connectivity index (χ4v) is 2.94. The van der Waals surface area contributed by atoms with E-state index in [9.17, 15) is 19.5 Å². The molecule has 1 aromatic heterocycles. The number of phenolic OH excluding ortho intramolecular Hbond substituents is 1. The average molecular weight is 446 g/mol. The van der Waals surface area contributed by atoms with Gasteiger partial charge in [0.15, 0.2) is 0 Å². The molecule has 2 aromatic rings. The molecule has 1 heterocycles. The predicted octanol–water partition coefficient (Wildman–Crippen LogP) is 0.987. The molecule has 0 saturated carbocycles. The number of benzene rings is 1. The van der Waals surface area contributed by atoms with Crippen molar-refractivity contribution in [3.05, 3.63) is 59.2 Å². The quantitative estimate of drug-likeness (QED) is 0.413. The van der Waals surface area contributed by atoms with Crippen molar-refractivity contribution >= 4 is 44.0 Å². The van der Waals surface area contributed by atoms with E-state index in [0.717, 1.165) is 10.5 Å². The van der Waals surface area contributed by atoms with E-state index in [1.165, 1.54) is 6.21 Å². The van der Waals surface area contributed by atoms with E-state index in [2.05, 4.69) is 47.4 Å². The molecular weight excluding hydrogens is 436 g/mol. The molecule has 2 rings (SSSR count). The Morgan fingerprint density at radius 2 is 2.00 bits per heavy atom. The molecule has 0 atom stereocenters. The molecule has 10 heteroatoms. The van der Waals surface area contributed by atoms with Crippen molar-refractivity contribution in [2.24, 2.45) is 5.10 Å². The largest absolute Gasteiger partial charge is 0.506 e. The van der Waals surface area contributed by atoms with E-state index >= 15 is 0 Å². The van der Waals surface area contributed by atoms with E-state index in [1.807, 2.05) is 4.98 Å². The summed E-state index contributed by atoms with van der Waals surface area (Å²) in [6, 6.07) is 4.39. The van der Waals surface area contributed by atoms with Crippen LogP contribution in [0, 0.1) is 0 Å². The minimum Gasteiger partial charge on any atom is -0.506 e. The van der Waals surface area contributed by atoms with E-state index in [1.54, 1.807) is 12.1 Å². The molecule has 0 fully saturated rings. The first kappa shape index (κ1) is 17.2. The summed E-state index contributed by atoms with van der Waals surface area (Å²) >= 11 is 6.45. The lowest BCUT2D eigenvalue weighted by Gasteiger charge is -2.03. The highest BCUT2D eigenvalue weighted by molar-refractivity contribution is 9.11. The number of H-pyrrole nitrogens is 2. The third-order valence-corrected chi connectivity index (χ3v) is 3.68. The third kappa shape index (κ3) is 4.89. The number of aromatic amines is 2. The Bertz CT molecular complexity index is 860. The van der Waals surface area contributed by atoms with E-state index in [-0.39, 0.29) is 17.9 Å². The van der Waals surface area contributed by atoms with Gasteiger partial charge in [-0.25, -0.2) is 10.2 Å². The fourth-order valence-electron chi connectivity index (χ4n) is 1.69. The second-order valence-corrected chi connectivity index (χ2v) is 6.18.